The van der Waals surface area contributed by atoms with E-state index in [-0.39, 0.29) is 11.3 Å². The molecular weight excluding hydrogens is 350 g/mol. The number of amides is 1. The molecule has 0 spiro atoms. The lowest BCUT2D eigenvalue weighted by Gasteiger charge is -2.09. The highest BCUT2D eigenvalue weighted by Crippen LogP contribution is 2.30. The molecule has 1 N–H and O–H groups in total. The number of thiazole rings is 1. The molecule has 0 radical (unpaired) electrons. The number of ether oxygens (including phenoxy) is 2. The highest BCUT2D eigenvalue weighted by Gasteiger charge is 2.17. The second-order valence-corrected chi connectivity index (χ2v) is 5.94. The zero-order valence-electron chi connectivity index (χ0n) is 13.2. The smallest absolute Gasteiger partial charge is 0.387 e. The number of fused-ring (bicyclic) bond motifs is 1. The number of aromatic nitrogens is 1. The Bertz CT molecular complexity index is 898. The Morgan fingerprint density at radius 3 is 2.84 bits per heavy atom. The van der Waals surface area contributed by atoms with Gasteiger partial charge in [-0.25, -0.2) is 4.98 Å². The zero-order valence-corrected chi connectivity index (χ0v) is 14.0. The van der Waals surface area contributed by atoms with Crippen molar-refractivity contribution < 1.29 is 23.0 Å². The van der Waals surface area contributed by atoms with Crippen molar-refractivity contribution in [1.82, 2.24) is 4.98 Å². The second kappa shape index (κ2) is 7.43. The van der Waals surface area contributed by atoms with Gasteiger partial charge in [-0.05, 0) is 37.3 Å². The van der Waals surface area contributed by atoms with Gasteiger partial charge in [0.25, 0.3) is 5.91 Å². The highest BCUT2D eigenvalue weighted by molar-refractivity contribution is 7.22. The fourth-order valence-electron chi connectivity index (χ4n) is 2.23. The predicted octanol–water partition coefficient (Wildman–Crippen LogP) is 4.55. The number of carbonyl (C=O) groups is 1. The fraction of sp³-hybridized carbons (Fsp3) is 0.176. The molecule has 5 nitrogen and oxygen atoms in total. The number of rotatable bonds is 6. The topological polar surface area (TPSA) is 60.5 Å². The Morgan fingerprint density at radius 2 is 2.08 bits per heavy atom. The van der Waals surface area contributed by atoms with E-state index in [1.54, 1.807) is 18.2 Å². The molecule has 0 aliphatic heterocycles. The molecule has 130 valence electrons. The normalized spacial score (nSPS) is 10.9. The van der Waals surface area contributed by atoms with E-state index in [9.17, 15) is 13.6 Å². The summed E-state index contributed by atoms with van der Waals surface area (Å²) in [5.74, 6) is -0.0395. The molecule has 0 bridgehead atoms. The molecule has 0 atom stereocenters. The van der Waals surface area contributed by atoms with E-state index in [2.05, 4.69) is 15.0 Å². The van der Waals surface area contributed by atoms with Crippen LogP contribution in [0.25, 0.3) is 10.2 Å². The van der Waals surface area contributed by atoms with E-state index in [4.69, 9.17) is 4.74 Å². The summed E-state index contributed by atoms with van der Waals surface area (Å²) in [5, 5.41) is 2.98. The van der Waals surface area contributed by atoms with E-state index in [1.807, 2.05) is 13.0 Å². The summed E-state index contributed by atoms with van der Waals surface area (Å²) in [6.07, 6.45) is 0. The largest absolute Gasteiger partial charge is 0.494 e. The first kappa shape index (κ1) is 17.1. The maximum atomic E-state index is 12.5. The van der Waals surface area contributed by atoms with Crippen LogP contribution in [0.15, 0.2) is 42.5 Å². The molecule has 25 heavy (non-hydrogen) atoms. The first-order valence-electron chi connectivity index (χ1n) is 7.45. The number of carbonyl (C=O) groups excluding carboxylic acids is 1. The van der Waals surface area contributed by atoms with Crippen LogP contribution in [0.2, 0.25) is 0 Å². The van der Waals surface area contributed by atoms with Crippen LogP contribution in [-0.4, -0.2) is 24.1 Å². The van der Waals surface area contributed by atoms with Crippen molar-refractivity contribution >= 4 is 32.6 Å². The number of hydrogen-bond donors (Lipinski definition) is 1. The Morgan fingerprint density at radius 1 is 1.28 bits per heavy atom. The van der Waals surface area contributed by atoms with Crippen molar-refractivity contribution in [3.05, 3.63) is 48.0 Å². The molecule has 1 heterocycles. The van der Waals surface area contributed by atoms with Crippen molar-refractivity contribution in [1.29, 1.82) is 0 Å². The Labute approximate surface area is 146 Å². The molecule has 1 aromatic heterocycles. The van der Waals surface area contributed by atoms with Gasteiger partial charge in [0.1, 0.15) is 11.5 Å². The van der Waals surface area contributed by atoms with Crippen LogP contribution >= 0.6 is 11.3 Å². The van der Waals surface area contributed by atoms with Crippen molar-refractivity contribution in [3.8, 4) is 11.5 Å². The number of alkyl halides is 2. The van der Waals surface area contributed by atoms with Crippen molar-refractivity contribution in [2.24, 2.45) is 0 Å². The lowest BCUT2D eigenvalue weighted by molar-refractivity contribution is -0.0501. The van der Waals surface area contributed by atoms with Gasteiger partial charge in [0.05, 0.1) is 22.4 Å². The predicted molar refractivity (Wildman–Crippen MR) is 91.8 cm³/mol. The molecule has 3 aromatic rings. The van der Waals surface area contributed by atoms with Crippen molar-refractivity contribution in [2.45, 2.75) is 13.5 Å². The molecule has 0 aliphatic rings. The van der Waals surface area contributed by atoms with Crippen LogP contribution in [0, 0.1) is 0 Å². The third-order valence-electron chi connectivity index (χ3n) is 3.24. The van der Waals surface area contributed by atoms with Crippen LogP contribution in [0.4, 0.5) is 13.9 Å². The summed E-state index contributed by atoms with van der Waals surface area (Å²) >= 11 is 1.27. The van der Waals surface area contributed by atoms with Crippen LogP contribution in [0.5, 0.6) is 11.5 Å². The maximum Gasteiger partial charge on any atom is 0.387 e. The van der Waals surface area contributed by atoms with Gasteiger partial charge in [-0.15, -0.1) is 0 Å². The van der Waals surface area contributed by atoms with Crippen molar-refractivity contribution in [2.75, 3.05) is 11.9 Å². The lowest BCUT2D eigenvalue weighted by Crippen LogP contribution is -2.14. The standard InChI is InChI=1S/C17H14F2N2O3S/c1-2-23-10-7-8-12-14(9-10)25-17(20-12)21-15(22)11-5-3-4-6-13(11)24-16(18)19/h3-9,16H,2H2,1H3,(H,20,21,22). The third-order valence-corrected chi connectivity index (χ3v) is 4.17. The zero-order chi connectivity index (χ0) is 17.8. The average molecular weight is 364 g/mol. The molecule has 0 fully saturated rings. The summed E-state index contributed by atoms with van der Waals surface area (Å²) in [7, 11) is 0. The SMILES string of the molecule is CCOc1ccc2nc(NC(=O)c3ccccc3OC(F)F)sc2c1. The molecule has 0 saturated heterocycles. The highest BCUT2D eigenvalue weighted by atomic mass is 32.1. The quantitative estimate of drug-likeness (QED) is 0.697. The number of anilines is 1. The fourth-order valence-corrected chi connectivity index (χ4v) is 3.12. The van der Waals surface area contributed by atoms with E-state index >= 15 is 0 Å². The number of nitrogens with one attached hydrogen (secondary N) is 1. The molecule has 1 amide bonds. The Hall–Kier alpha value is -2.74. The molecular formula is C17H14F2N2O3S. The lowest BCUT2D eigenvalue weighted by atomic mass is 10.2. The molecule has 0 unspecified atom stereocenters. The number of halogens is 2. The van der Waals surface area contributed by atoms with E-state index in [0.717, 1.165) is 4.70 Å². The van der Waals surface area contributed by atoms with Gasteiger partial charge in [0, 0.05) is 0 Å². The average Bonchev–Trinajstić information content (AvgIpc) is 2.96. The molecule has 2 aromatic carbocycles. The summed E-state index contributed by atoms with van der Waals surface area (Å²) in [6, 6.07) is 11.2. The first-order valence-corrected chi connectivity index (χ1v) is 8.27. The minimum Gasteiger partial charge on any atom is -0.494 e. The van der Waals surface area contributed by atoms with E-state index in [1.165, 1.54) is 29.5 Å². The van der Waals surface area contributed by atoms with Crippen molar-refractivity contribution in [3.63, 3.8) is 0 Å². The van der Waals surface area contributed by atoms with Gasteiger partial charge in [0.2, 0.25) is 0 Å². The summed E-state index contributed by atoms with van der Waals surface area (Å²) in [5.41, 5.74) is 0.720. The Balaban J connectivity index is 1.82. The van der Waals surface area contributed by atoms with Gasteiger partial charge < -0.3 is 9.47 Å². The van der Waals surface area contributed by atoms with Gasteiger partial charge in [-0.1, -0.05) is 23.5 Å². The molecule has 8 heteroatoms. The minimum absolute atomic E-state index is 0.0112. The molecule has 3 rings (SSSR count). The van der Waals surface area contributed by atoms with Crippen LogP contribution in [0.1, 0.15) is 17.3 Å². The number of benzene rings is 2. The minimum atomic E-state index is -3.01. The van der Waals surface area contributed by atoms with Gasteiger partial charge in [-0.3, -0.25) is 10.1 Å². The second-order valence-electron chi connectivity index (χ2n) is 4.91. The third kappa shape index (κ3) is 4.03. The monoisotopic (exact) mass is 364 g/mol. The summed E-state index contributed by atoms with van der Waals surface area (Å²) in [4.78, 5) is 16.7. The van der Waals surface area contributed by atoms with Gasteiger partial charge >= 0.3 is 6.61 Å². The maximum absolute atomic E-state index is 12.5. The summed E-state index contributed by atoms with van der Waals surface area (Å²) < 4.78 is 35.6. The number of nitrogens with zero attached hydrogens (tertiary/aromatic N) is 1. The first-order chi connectivity index (χ1) is 12.1. The van der Waals surface area contributed by atoms with Crippen LogP contribution in [0.3, 0.4) is 0 Å². The van der Waals surface area contributed by atoms with Crippen LogP contribution < -0.4 is 14.8 Å². The number of para-hydroxylation sites is 1. The molecule has 0 saturated carbocycles. The van der Waals surface area contributed by atoms with E-state index in [0.29, 0.717) is 23.0 Å². The van der Waals surface area contributed by atoms with Gasteiger partial charge in [0.15, 0.2) is 5.13 Å². The van der Waals surface area contributed by atoms with Gasteiger partial charge in [-0.2, -0.15) is 8.78 Å². The molecule has 0 aliphatic carbocycles. The summed E-state index contributed by atoms with van der Waals surface area (Å²) in [6.45, 7) is -0.565. The van der Waals surface area contributed by atoms with E-state index < -0.39 is 12.5 Å². The Kier molecular flexibility index (Phi) is 5.08. The number of hydrogen-bond acceptors (Lipinski definition) is 5. The van der Waals surface area contributed by atoms with Crippen LogP contribution in [-0.2, 0) is 0 Å².